The lowest BCUT2D eigenvalue weighted by molar-refractivity contribution is 0.478. The van der Waals surface area contributed by atoms with Gasteiger partial charge in [-0.25, -0.2) is 0 Å². The molecule has 0 radical (unpaired) electrons. The molecule has 4 aromatic carbocycles. The molecule has 1 unspecified atom stereocenters. The first-order valence-corrected chi connectivity index (χ1v) is 14.2. The summed E-state index contributed by atoms with van der Waals surface area (Å²) in [5, 5.41) is 0.230. The maximum Gasteiger partial charge on any atom is 0.115 e. The molecular weight excluding hydrogens is 443 g/mol. The number of unbranched alkanes of at least 4 members (excludes halogenated alkanes) is 1. The second-order valence-electron chi connectivity index (χ2n) is 11.2. The van der Waals surface area contributed by atoms with E-state index in [9.17, 15) is 0 Å². The van der Waals surface area contributed by atoms with Gasteiger partial charge in [0, 0.05) is 0 Å². The van der Waals surface area contributed by atoms with E-state index in [0.717, 1.165) is 0 Å². The molecule has 0 N–H and O–H groups in total. The van der Waals surface area contributed by atoms with Gasteiger partial charge in [0.1, 0.15) is 7.85 Å². The molecule has 0 aliphatic heterocycles. The minimum absolute atomic E-state index is 0.230. The molecule has 0 saturated heterocycles. The van der Waals surface area contributed by atoms with Crippen LogP contribution in [0, 0.1) is 27.7 Å². The third-order valence-corrected chi connectivity index (χ3v) is 8.55. The van der Waals surface area contributed by atoms with E-state index < -0.39 is 0 Å². The van der Waals surface area contributed by atoms with Crippen LogP contribution >= 0.6 is 0 Å². The van der Waals surface area contributed by atoms with E-state index in [4.69, 9.17) is 0 Å². The molecule has 190 valence electrons. The zero-order chi connectivity index (χ0) is 26.6. The lowest BCUT2D eigenvalue weighted by Gasteiger charge is -2.36. The summed E-state index contributed by atoms with van der Waals surface area (Å²) in [7, 11) is 2.52. The first-order chi connectivity index (χ1) is 17.8. The van der Waals surface area contributed by atoms with Crippen molar-refractivity contribution in [3.63, 3.8) is 0 Å². The Hall–Kier alpha value is -3.06. The van der Waals surface area contributed by atoms with Gasteiger partial charge in [-0.15, -0.1) is 0 Å². The summed E-state index contributed by atoms with van der Waals surface area (Å²) < 4.78 is 0. The van der Waals surface area contributed by atoms with E-state index in [1.165, 1.54) is 87.7 Å². The zero-order valence-corrected chi connectivity index (χ0v) is 24.0. The highest BCUT2D eigenvalue weighted by atomic mass is 14.3. The molecule has 4 aromatic rings. The second kappa shape index (κ2) is 11.6. The maximum absolute atomic E-state index is 2.52. The minimum atomic E-state index is 0.230. The lowest BCUT2D eigenvalue weighted by Crippen LogP contribution is -2.29. The Balaban J connectivity index is 1.96. The Kier molecular flexibility index (Phi) is 8.43. The van der Waals surface area contributed by atoms with E-state index in [1.54, 1.807) is 5.56 Å². The average molecular weight is 487 g/mol. The van der Waals surface area contributed by atoms with Crippen molar-refractivity contribution in [2.45, 2.75) is 79.0 Å². The highest BCUT2D eigenvalue weighted by Crippen LogP contribution is 2.43. The first-order valence-electron chi connectivity index (χ1n) is 14.2. The van der Waals surface area contributed by atoms with E-state index in [2.05, 4.69) is 128 Å². The molecular formula is C36H43B. The van der Waals surface area contributed by atoms with Crippen LogP contribution < -0.4 is 0 Å². The Morgan fingerprint density at radius 1 is 0.541 bits per heavy atom. The Morgan fingerprint density at radius 3 is 1.43 bits per heavy atom. The molecule has 0 bridgehead atoms. The monoisotopic (exact) mass is 486 g/mol. The van der Waals surface area contributed by atoms with Gasteiger partial charge in [0.05, 0.1) is 0 Å². The van der Waals surface area contributed by atoms with E-state index in [-0.39, 0.29) is 5.31 Å². The fourth-order valence-electron chi connectivity index (χ4n) is 6.51. The van der Waals surface area contributed by atoms with Crippen molar-refractivity contribution in [2.75, 3.05) is 0 Å². The third kappa shape index (κ3) is 5.47. The van der Waals surface area contributed by atoms with Crippen molar-refractivity contribution in [1.29, 1.82) is 0 Å². The molecule has 0 aliphatic rings. The topological polar surface area (TPSA) is 0 Å². The van der Waals surface area contributed by atoms with Crippen LogP contribution in [0.4, 0.5) is 0 Å². The van der Waals surface area contributed by atoms with E-state index in [1.807, 2.05) is 0 Å². The molecule has 1 atom stereocenters. The molecule has 0 spiro atoms. The second-order valence-corrected chi connectivity index (χ2v) is 11.2. The zero-order valence-electron chi connectivity index (χ0n) is 24.0. The first kappa shape index (κ1) is 27.0. The maximum atomic E-state index is 2.52. The Labute approximate surface area is 226 Å². The SMILES string of the molecule is BC(CCC)(CCCC)c1c(C)c(C)c(-c2cc(-c3ccccc3)cc(-c3ccccc3)c2)c(C)c1C. The highest BCUT2D eigenvalue weighted by Gasteiger charge is 2.31. The molecule has 0 heterocycles. The molecule has 4 rings (SSSR count). The van der Waals surface area contributed by atoms with Crippen LogP contribution in [0.3, 0.4) is 0 Å². The quantitative estimate of drug-likeness (QED) is 0.207. The van der Waals surface area contributed by atoms with E-state index >= 15 is 0 Å². The van der Waals surface area contributed by atoms with Gasteiger partial charge in [-0.1, -0.05) is 107 Å². The molecule has 0 nitrogen and oxygen atoms in total. The molecule has 0 fully saturated rings. The predicted molar refractivity (Wildman–Crippen MR) is 166 cm³/mol. The van der Waals surface area contributed by atoms with E-state index in [0.29, 0.717) is 0 Å². The summed E-state index contributed by atoms with van der Waals surface area (Å²) >= 11 is 0. The van der Waals surface area contributed by atoms with Gasteiger partial charge in [-0.2, -0.15) is 0 Å². The van der Waals surface area contributed by atoms with Crippen LogP contribution in [0.5, 0.6) is 0 Å². The van der Waals surface area contributed by atoms with Crippen molar-refractivity contribution >= 4 is 7.85 Å². The summed E-state index contributed by atoms with van der Waals surface area (Å²) in [6, 6.07) is 28.7. The average Bonchev–Trinajstić information content (AvgIpc) is 2.92. The Bertz CT molecular complexity index is 1260. The van der Waals surface area contributed by atoms with Gasteiger partial charge in [0.15, 0.2) is 0 Å². The molecule has 0 amide bonds. The molecule has 0 aliphatic carbocycles. The fraction of sp³-hybridized carbons (Fsp3) is 0.333. The van der Waals surface area contributed by atoms with Crippen LogP contribution in [0.2, 0.25) is 0 Å². The summed E-state index contributed by atoms with van der Waals surface area (Å²) in [5.74, 6) is 0. The summed E-state index contributed by atoms with van der Waals surface area (Å²) in [6.07, 6.45) is 6.27. The van der Waals surface area contributed by atoms with Crippen LogP contribution in [-0.2, 0) is 5.31 Å². The normalized spacial score (nSPS) is 12.9. The smallest absolute Gasteiger partial charge is 0.0654 e. The lowest BCUT2D eigenvalue weighted by atomic mass is 9.56. The van der Waals surface area contributed by atoms with Gasteiger partial charge in [0.2, 0.25) is 0 Å². The van der Waals surface area contributed by atoms with Crippen LogP contribution in [0.25, 0.3) is 33.4 Å². The number of rotatable bonds is 9. The Morgan fingerprint density at radius 2 is 1.00 bits per heavy atom. The van der Waals surface area contributed by atoms with Crippen molar-refractivity contribution in [3.05, 3.63) is 107 Å². The molecule has 37 heavy (non-hydrogen) atoms. The van der Waals surface area contributed by atoms with Crippen molar-refractivity contribution < 1.29 is 0 Å². The summed E-state index contributed by atoms with van der Waals surface area (Å²) in [4.78, 5) is 0. The predicted octanol–water partition coefficient (Wildman–Crippen LogP) is 9.74. The van der Waals surface area contributed by atoms with Crippen LogP contribution in [0.1, 0.15) is 73.8 Å². The standard InChI is InChI=1S/C36H43B/c1-7-9-21-36(37,20-8-2)35-27(5)25(3)34(26(4)28(35)6)33-23-31(29-16-12-10-13-17-29)22-32(24-33)30-18-14-11-15-19-30/h10-19,22-24H,7-9,20-21,37H2,1-6H3. The van der Waals surface area contributed by atoms with Crippen molar-refractivity contribution in [3.8, 4) is 33.4 Å². The number of hydrogen-bond acceptors (Lipinski definition) is 0. The van der Waals surface area contributed by atoms with Gasteiger partial charge >= 0.3 is 0 Å². The molecule has 0 aromatic heterocycles. The minimum Gasteiger partial charge on any atom is -0.0654 e. The van der Waals surface area contributed by atoms with Crippen LogP contribution in [-0.4, -0.2) is 7.85 Å². The largest absolute Gasteiger partial charge is 0.115 e. The third-order valence-electron chi connectivity index (χ3n) is 8.55. The van der Waals surface area contributed by atoms with Gasteiger partial charge < -0.3 is 0 Å². The van der Waals surface area contributed by atoms with Crippen molar-refractivity contribution in [2.24, 2.45) is 0 Å². The fourth-order valence-corrected chi connectivity index (χ4v) is 6.51. The van der Waals surface area contributed by atoms with Crippen LogP contribution in [0.15, 0.2) is 78.9 Å². The number of hydrogen-bond donors (Lipinski definition) is 0. The number of benzene rings is 4. The highest BCUT2D eigenvalue weighted by molar-refractivity contribution is 6.16. The van der Waals surface area contributed by atoms with Gasteiger partial charge in [-0.05, 0) is 112 Å². The van der Waals surface area contributed by atoms with Crippen molar-refractivity contribution in [1.82, 2.24) is 0 Å². The molecule has 0 saturated carbocycles. The summed E-state index contributed by atoms with van der Waals surface area (Å²) in [6.45, 7) is 14.1. The molecule has 1 heteroatoms. The van der Waals surface area contributed by atoms with Gasteiger partial charge in [0.25, 0.3) is 0 Å². The van der Waals surface area contributed by atoms with Gasteiger partial charge in [-0.3, -0.25) is 0 Å². The summed E-state index contributed by atoms with van der Waals surface area (Å²) in [5.41, 5.74) is 15.2.